The fourth-order valence-corrected chi connectivity index (χ4v) is 3.99. The average molecular weight is 232 g/mol. The van der Waals surface area contributed by atoms with Gasteiger partial charge in [0.15, 0.2) is 0 Å². The molecule has 0 bridgehead atoms. The molecule has 2 rings (SSSR count). The third kappa shape index (κ3) is 5.53. The van der Waals surface area contributed by atoms with Crippen molar-refractivity contribution < 1.29 is 0 Å². The molecule has 0 N–H and O–H groups in total. The molecule has 2 aliphatic rings. The van der Waals surface area contributed by atoms with Gasteiger partial charge in [-0.25, -0.2) is 0 Å². The van der Waals surface area contributed by atoms with E-state index in [-0.39, 0.29) is 0 Å². The Bertz CT molecular complexity index is 161. The highest BCUT2D eigenvalue weighted by atomic mass is 14.0. The van der Waals surface area contributed by atoms with Crippen molar-refractivity contribution in [2.75, 3.05) is 0 Å². The number of hydrogen-bond acceptors (Lipinski definition) is 0. The zero-order valence-corrected chi connectivity index (χ0v) is 11.8. The molecule has 0 atom stereocenters. The first-order valence-electron chi connectivity index (χ1n) is 8.45. The summed E-state index contributed by atoms with van der Waals surface area (Å²) in [6.45, 7) is 2.22. The Labute approximate surface area is 109 Å². The van der Waals surface area contributed by atoms with Gasteiger partial charge in [0.25, 0.3) is 0 Å². The van der Waals surface area contributed by atoms with Crippen molar-refractivity contribution in [1.82, 2.24) is 0 Å². The van der Waals surface area contributed by atoms with Gasteiger partial charge in [0, 0.05) is 0 Å². The van der Waals surface area contributed by atoms with Crippen LogP contribution in [-0.2, 0) is 0 Å². The van der Waals surface area contributed by atoms with Crippen LogP contribution in [0.1, 0.15) is 57.8 Å². The lowest BCUT2D eigenvalue weighted by Crippen LogP contribution is -2.16. The fraction of sp³-hybridized carbons (Fsp3) is 1.00. The zero-order chi connectivity index (χ0) is 11.8. The summed E-state index contributed by atoms with van der Waals surface area (Å²) in [6.07, 6.45) is 22.9. The van der Waals surface area contributed by atoms with Crippen molar-refractivity contribution in [3.8, 4) is 0 Å². The monoisotopic (exact) mass is 232 g/mol. The molecule has 2 saturated heterocycles. The molecule has 0 aromatic heterocycles. The average Bonchev–Trinajstić information content (AvgIpc) is 2.41. The quantitative estimate of drug-likeness (QED) is 0.418. The lowest BCUT2D eigenvalue weighted by Gasteiger charge is -2.19. The van der Waals surface area contributed by atoms with E-state index < -0.39 is 0 Å². The Kier molecular flexibility index (Phi) is 6.60. The van der Waals surface area contributed by atoms with Crippen molar-refractivity contribution >= 4 is 13.4 Å². The van der Waals surface area contributed by atoms with E-state index in [1.807, 2.05) is 0 Å². The Morgan fingerprint density at radius 3 is 1.29 bits per heavy atom. The second kappa shape index (κ2) is 8.27. The van der Waals surface area contributed by atoms with Gasteiger partial charge in [0.05, 0.1) is 0 Å². The van der Waals surface area contributed by atoms with Crippen molar-refractivity contribution in [3.05, 3.63) is 0 Å². The summed E-state index contributed by atoms with van der Waals surface area (Å²) in [4.78, 5) is 0. The molecule has 0 aliphatic carbocycles. The summed E-state index contributed by atoms with van der Waals surface area (Å²) < 4.78 is 0. The van der Waals surface area contributed by atoms with Gasteiger partial charge >= 0.3 is 0 Å². The molecule has 0 radical (unpaired) electrons. The smallest absolute Gasteiger partial charge is 0.0741 e. The van der Waals surface area contributed by atoms with E-state index >= 15 is 0 Å². The number of rotatable bonds is 6. The van der Waals surface area contributed by atoms with Crippen molar-refractivity contribution in [3.63, 3.8) is 0 Å². The van der Waals surface area contributed by atoms with Crippen LogP contribution in [0.5, 0.6) is 0 Å². The number of unbranched alkanes of at least 4 members (excludes halogenated alkanes) is 2. The van der Waals surface area contributed by atoms with E-state index in [1.54, 1.807) is 37.9 Å². The van der Waals surface area contributed by atoms with Crippen molar-refractivity contribution in [1.29, 1.82) is 0 Å². The summed E-state index contributed by atoms with van der Waals surface area (Å²) in [5, 5.41) is 0. The predicted octanol–water partition coefficient (Wildman–Crippen LogP) is 5.51. The van der Waals surface area contributed by atoms with E-state index in [0.29, 0.717) is 0 Å². The van der Waals surface area contributed by atoms with Crippen molar-refractivity contribution in [2.45, 2.75) is 95.7 Å². The van der Waals surface area contributed by atoms with Crippen LogP contribution in [0.3, 0.4) is 0 Å². The molecule has 96 valence electrons. The van der Waals surface area contributed by atoms with Crippen LogP contribution in [0.2, 0.25) is 37.9 Å². The molecule has 0 saturated carbocycles. The van der Waals surface area contributed by atoms with Gasteiger partial charge in [0.1, 0.15) is 13.4 Å². The molecule has 0 spiro atoms. The maximum Gasteiger partial charge on any atom is 0.139 e. The van der Waals surface area contributed by atoms with E-state index in [4.69, 9.17) is 0 Å². The maximum absolute atomic E-state index is 1.55. The highest BCUT2D eigenvalue weighted by Gasteiger charge is 2.18. The van der Waals surface area contributed by atoms with Crippen LogP contribution in [0, 0.1) is 0 Å². The second-order valence-corrected chi connectivity index (χ2v) is 6.65. The minimum atomic E-state index is 1.11. The summed E-state index contributed by atoms with van der Waals surface area (Å²) in [5.74, 6) is 0. The predicted molar refractivity (Wildman–Crippen MR) is 81.9 cm³/mol. The van der Waals surface area contributed by atoms with Crippen LogP contribution >= 0.6 is 0 Å². The molecule has 0 aromatic rings. The minimum Gasteiger partial charge on any atom is -0.0741 e. The first-order chi connectivity index (χ1) is 8.45. The third-order valence-electron chi connectivity index (χ3n) is 5.17. The lowest BCUT2D eigenvalue weighted by atomic mass is 9.38. The topological polar surface area (TPSA) is 0 Å². The fourth-order valence-electron chi connectivity index (χ4n) is 3.99. The standard InChI is InChI=1S/C15H30B2/c1-4-10-16(11-5-1)14-8-3-9-15-17-12-6-2-7-13-17/h1-15H2. The molecule has 0 unspecified atom stereocenters. The molecule has 2 heteroatoms. The van der Waals surface area contributed by atoms with Gasteiger partial charge in [-0.3, -0.25) is 0 Å². The van der Waals surface area contributed by atoms with Gasteiger partial charge in [0.2, 0.25) is 0 Å². The Balaban J connectivity index is 1.42. The molecule has 2 fully saturated rings. The molecule has 17 heavy (non-hydrogen) atoms. The highest BCUT2D eigenvalue weighted by Crippen LogP contribution is 2.25. The van der Waals surface area contributed by atoms with E-state index in [2.05, 4.69) is 0 Å². The van der Waals surface area contributed by atoms with Gasteiger partial charge in [-0.15, -0.1) is 0 Å². The lowest BCUT2D eigenvalue weighted by molar-refractivity contribution is 0.691. The van der Waals surface area contributed by atoms with Crippen LogP contribution in [0.15, 0.2) is 0 Å². The van der Waals surface area contributed by atoms with E-state index in [9.17, 15) is 0 Å². The Morgan fingerprint density at radius 1 is 0.471 bits per heavy atom. The summed E-state index contributed by atoms with van der Waals surface area (Å²) in [5.41, 5.74) is 0. The molecule has 0 amide bonds. The van der Waals surface area contributed by atoms with Crippen LogP contribution in [-0.4, -0.2) is 13.4 Å². The minimum absolute atomic E-state index is 1.11. The molecule has 0 aromatic carbocycles. The largest absolute Gasteiger partial charge is 0.139 e. The van der Waals surface area contributed by atoms with Gasteiger partial charge in [-0.2, -0.15) is 0 Å². The first kappa shape index (κ1) is 13.6. The van der Waals surface area contributed by atoms with Crippen LogP contribution in [0.25, 0.3) is 0 Å². The van der Waals surface area contributed by atoms with Crippen molar-refractivity contribution in [2.24, 2.45) is 0 Å². The van der Waals surface area contributed by atoms with Crippen LogP contribution < -0.4 is 0 Å². The maximum atomic E-state index is 1.55. The SMILES string of the molecule is C1CCB(CCCCCB2CCCCC2)CC1. The Morgan fingerprint density at radius 2 is 0.882 bits per heavy atom. The normalized spacial score (nSPS) is 21.9. The molecular formula is C15H30B2. The van der Waals surface area contributed by atoms with Gasteiger partial charge in [-0.1, -0.05) is 95.7 Å². The Hall–Kier alpha value is 0.130. The first-order valence-corrected chi connectivity index (χ1v) is 8.45. The molecule has 2 aliphatic heterocycles. The third-order valence-corrected chi connectivity index (χ3v) is 5.17. The molecular weight excluding hydrogens is 202 g/mol. The highest BCUT2D eigenvalue weighted by molar-refractivity contribution is 6.59. The molecule has 2 heterocycles. The van der Waals surface area contributed by atoms with Gasteiger partial charge < -0.3 is 0 Å². The number of hydrogen-bond donors (Lipinski definition) is 0. The summed E-state index contributed by atoms with van der Waals surface area (Å²) >= 11 is 0. The van der Waals surface area contributed by atoms with E-state index in [1.165, 1.54) is 57.8 Å². The molecule has 0 nitrogen and oxygen atoms in total. The zero-order valence-electron chi connectivity index (χ0n) is 11.8. The van der Waals surface area contributed by atoms with E-state index in [0.717, 1.165) is 13.4 Å². The second-order valence-electron chi connectivity index (χ2n) is 6.65. The van der Waals surface area contributed by atoms with Gasteiger partial charge in [-0.05, 0) is 0 Å². The van der Waals surface area contributed by atoms with Crippen LogP contribution in [0.4, 0.5) is 0 Å². The summed E-state index contributed by atoms with van der Waals surface area (Å²) in [6, 6.07) is 0. The summed E-state index contributed by atoms with van der Waals surface area (Å²) in [7, 11) is 0.